The van der Waals surface area contributed by atoms with Crippen molar-refractivity contribution in [3.63, 3.8) is 0 Å². The minimum Gasteiger partial charge on any atom is -0.444 e. The fourth-order valence-electron chi connectivity index (χ4n) is 3.47. The number of carbonyl (C=O) groups is 2. The van der Waals surface area contributed by atoms with Crippen molar-refractivity contribution in [2.24, 2.45) is 0 Å². The van der Waals surface area contributed by atoms with E-state index in [4.69, 9.17) is 4.74 Å². The molecule has 1 aliphatic rings. The molecule has 8 nitrogen and oxygen atoms in total. The van der Waals surface area contributed by atoms with E-state index in [-0.39, 0.29) is 23.6 Å². The van der Waals surface area contributed by atoms with Gasteiger partial charge in [-0.1, -0.05) is 0 Å². The number of halogens is 1. The van der Waals surface area contributed by atoms with Crippen LogP contribution in [0.1, 0.15) is 63.2 Å². The number of nitrogens with one attached hydrogen (secondary N) is 3. The monoisotopic (exact) mass is 437 g/mol. The first kappa shape index (κ1) is 24.8. The summed E-state index contributed by atoms with van der Waals surface area (Å²) in [5, 5.41) is 9.01. The number of rotatable bonds is 8. The first-order chi connectivity index (χ1) is 14.5. The molecule has 1 aromatic rings. The molecule has 2 rings (SSSR count). The third kappa shape index (κ3) is 9.08. The number of hydrogen-bond acceptors (Lipinski definition) is 6. The number of hydrogen-bond donors (Lipinski definition) is 3. The van der Waals surface area contributed by atoms with Crippen LogP contribution in [0.4, 0.5) is 15.0 Å². The van der Waals surface area contributed by atoms with E-state index in [9.17, 15) is 14.0 Å². The molecular weight excluding hydrogens is 401 g/mol. The Kier molecular flexibility index (Phi) is 9.03. The number of nitrogens with zero attached hydrogens (tertiary/aromatic N) is 2. The SMILES string of the molecule is CN(C)CCCNc1ncc(F)cc1C(=O)NC1CCC(NC(=O)OC(C)(C)C)CC1. The lowest BCUT2D eigenvalue weighted by atomic mass is 9.91. The summed E-state index contributed by atoms with van der Waals surface area (Å²) in [5.41, 5.74) is -0.328. The molecule has 0 aromatic carbocycles. The molecule has 0 radical (unpaired) electrons. The summed E-state index contributed by atoms with van der Waals surface area (Å²) in [7, 11) is 3.99. The van der Waals surface area contributed by atoms with Crippen LogP contribution >= 0.6 is 0 Å². The second-order valence-electron chi connectivity index (χ2n) is 9.30. The summed E-state index contributed by atoms with van der Waals surface area (Å²) in [5.74, 6) is -0.502. The second-order valence-corrected chi connectivity index (χ2v) is 9.30. The first-order valence-electron chi connectivity index (χ1n) is 10.9. The Morgan fingerprint density at radius 2 is 1.77 bits per heavy atom. The summed E-state index contributed by atoms with van der Waals surface area (Å²) < 4.78 is 19.0. The normalized spacial score (nSPS) is 19.1. The number of alkyl carbamates (subject to hydrolysis) is 1. The third-order valence-corrected chi connectivity index (χ3v) is 4.96. The molecule has 0 saturated heterocycles. The summed E-state index contributed by atoms with van der Waals surface area (Å²) in [6.07, 6.45) is 4.49. The van der Waals surface area contributed by atoms with Crippen LogP contribution in [0.25, 0.3) is 0 Å². The number of carbonyl (C=O) groups excluding carboxylic acids is 2. The summed E-state index contributed by atoms with van der Waals surface area (Å²) in [4.78, 5) is 30.8. The minimum atomic E-state index is -0.547. The van der Waals surface area contributed by atoms with Crippen LogP contribution in [0.5, 0.6) is 0 Å². The topological polar surface area (TPSA) is 95.6 Å². The Balaban J connectivity index is 1.85. The number of aromatic nitrogens is 1. The van der Waals surface area contributed by atoms with E-state index >= 15 is 0 Å². The molecule has 0 unspecified atom stereocenters. The molecule has 9 heteroatoms. The van der Waals surface area contributed by atoms with Crippen molar-refractivity contribution in [3.05, 3.63) is 23.6 Å². The highest BCUT2D eigenvalue weighted by Gasteiger charge is 2.26. The third-order valence-electron chi connectivity index (χ3n) is 4.96. The Hall–Kier alpha value is -2.42. The standard InChI is InChI=1S/C22H36FN5O3/c1-22(2,3)31-21(30)27-17-9-7-16(8-10-17)26-20(29)18-13-15(23)14-25-19(18)24-11-6-12-28(4)5/h13-14,16-17H,6-12H2,1-5H3,(H,24,25)(H,26,29)(H,27,30). The van der Waals surface area contributed by atoms with Gasteiger partial charge in [0.05, 0.1) is 11.8 Å². The van der Waals surface area contributed by atoms with Crippen molar-refractivity contribution < 1.29 is 18.7 Å². The van der Waals surface area contributed by atoms with Gasteiger partial charge in [0.15, 0.2) is 0 Å². The number of amides is 2. The Labute approximate surface area is 184 Å². The maximum absolute atomic E-state index is 13.7. The van der Waals surface area contributed by atoms with Crippen molar-refractivity contribution in [2.45, 2.75) is 70.6 Å². The number of pyridine rings is 1. The first-order valence-corrected chi connectivity index (χ1v) is 10.9. The van der Waals surface area contributed by atoms with E-state index in [1.807, 2.05) is 34.9 Å². The molecule has 1 saturated carbocycles. The van der Waals surface area contributed by atoms with Crippen molar-refractivity contribution >= 4 is 17.8 Å². The van der Waals surface area contributed by atoms with E-state index in [1.165, 1.54) is 6.07 Å². The molecular formula is C22H36FN5O3. The predicted molar refractivity (Wildman–Crippen MR) is 119 cm³/mol. The van der Waals surface area contributed by atoms with Crippen LogP contribution < -0.4 is 16.0 Å². The van der Waals surface area contributed by atoms with E-state index in [1.54, 1.807) is 0 Å². The van der Waals surface area contributed by atoms with E-state index in [0.717, 1.165) is 44.8 Å². The van der Waals surface area contributed by atoms with Crippen LogP contribution in [0, 0.1) is 5.82 Å². The molecule has 0 bridgehead atoms. The van der Waals surface area contributed by atoms with Gasteiger partial charge in [-0.25, -0.2) is 14.2 Å². The number of anilines is 1. The van der Waals surface area contributed by atoms with Crippen LogP contribution in [-0.4, -0.2) is 66.8 Å². The van der Waals surface area contributed by atoms with Gasteiger partial charge in [0.2, 0.25) is 0 Å². The highest BCUT2D eigenvalue weighted by atomic mass is 19.1. The van der Waals surface area contributed by atoms with Crippen molar-refractivity contribution in [3.8, 4) is 0 Å². The van der Waals surface area contributed by atoms with Crippen LogP contribution in [0.15, 0.2) is 12.3 Å². The molecule has 1 heterocycles. The highest BCUT2D eigenvalue weighted by molar-refractivity contribution is 5.98. The van der Waals surface area contributed by atoms with Crippen LogP contribution in [-0.2, 0) is 4.74 Å². The molecule has 1 fully saturated rings. The lowest BCUT2D eigenvalue weighted by Crippen LogP contribution is -2.45. The summed E-state index contributed by atoms with van der Waals surface area (Å²) in [6, 6.07) is 1.20. The number of ether oxygens (including phenoxy) is 1. The predicted octanol–water partition coefficient (Wildman–Crippen LogP) is 3.15. The van der Waals surface area contributed by atoms with E-state index in [2.05, 4.69) is 25.8 Å². The van der Waals surface area contributed by atoms with Gasteiger partial charge in [-0.3, -0.25) is 4.79 Å². The Bertz CT molecular complexity index is 743. The summed E-state index contributed by atoms with van der Waals surface area (Å²) in [6.45, 7) is 7.01. The Morgan fingerprint density at radius 1 is 1.16 bits per heavy atom. The quantitative estimate of drug-likeness (QED) is 0.541. The zero-order chi connectivity index (χ0) is 23.0. The van der Waals surface area contributed by atoms with Gasteiger partial charge in [0.1, 0.15) is 17.2 Å². The molecule has 0 spiro atoms. The van der Waals surface area contributed by atoms with E-state index in [0.29, 0.717) is 12.4 Å². The fraction of sp³-hybridized carbons (Fsp3) is 0.682. The zero-order valence-electron chi connectivity index (χ0n) is 19.3. The van der Waals surface area contributed by atoms with Gasteiger partial charge in [0, 0.05) is 18.6 Å². The van der Waals surface area contributed by atoms with Gasteiger partial charge in [-0.2, -0.15) is 0 Å². The molecule has 1 aliphatic carbocycles. The maximum atomic E-state index is 13.7. The van der Waals surface area contributed by atoms with Gasteiger partial charge in [0.25, 0.3) is 5.91 Å². The van der Waals surface area contributed by atoms with E-state index < -0.39 is 17.5 Å². The fourth-order valence-corrected chi connectivity index (χ4v) is 3.47. The van der Waals surface area contributed by atoms with Gasteiger partial charge in [-0.15, -0.1) is 0 Å². The van der Waals surface area contributed by atoms with Gasteiger partial charge in [-0.05, 0) is 79.6 Å². The average molecular weight is 438 g/mol. The molecule has 1 aromatic heterocycles. The average Bonchev–Trinajstić information content (AvgIpc) is 2.66. The largest absolute Gasteiger partial charge is 0.444 e. The van der Waals surface area contributed by atoms with Crippen LogP contribution in [0.3, 0.4) is 0 Å². The molecule has 31 heavy (non-hydrogen) atoms. The smallest absolute Gasteiger partial charge is 0.407 e. The summed E-state index contributed by atoms with van der Waals surface area (Å²) >= 11 is 0. The molecule has 2 amide bonds. The van der Waals surface area contributed by atoms with Gasteiger partial charge >= 0.3 is 6.09 Å². The second kappa shape index (κ2) is 11.3. The molecule has 3 N–H and O–H groups in total. The minimum absolute atomic E-state index is 0.0211. The van der Waals surface area contributed by atoms with Crippen molar-refractivity contribution in [2.75, 3.05) is 32.5 Å². The molecule has 174 valence electrons. The van der Waals surface area contributed by atoms with Crippen molar-refractivity contribution in [1.82, 2.24) is 20.5 Å². The Morgan fingerprint density at radius 3 is 2.35 bits per heavy atom. The zero-order valence-corrected chi connectivity index (χ0v) is 19.3. The lowest BCUT2D eigenvalue weighted by molar-refractivity contribution is 0.0488. The van der Waals surface area contributed by atoms with Gasteiger partial charge < -0.3 is 25.6 Å². The molecule has 0 atom stereocenters. The maximum Gasteiger partial charge on any atom is 0.407 e. The van der Waals surface area contributed by atoms with Crippen molar-refractivity contribution in [1.29, 1.82) is 0 Å². The lowest BCUT2D eigenvalue weighted by Gasteiger charge is -2.30. The molecule has 0 aliphatic heterocycles. The van der Waals surface area contributed by atoms with Crippen LogP contribution in [0.2, 0.25) is 0 Å². The highest BCUT2D eigenvalue weighted by Crippen LogP contribution is 2.21.